The largest absolute Gasteiger partial charge is 0.462 e. The molecule has 0 amide bonds. The highest BCUT2D eigenvalue weighted by Gasteiger charge is 2.69. The standard InChI is InChI=1S/C47H69FN2O10/c1-10-27-14-13-17-37(60-39-19-18-35(49(5)6)25(3)56-39)24(2)43(52)33-22-30-29-20-28(59-47-46(55-9)45(54-8)44(53-7)26(4)57-47)21-32(29)41-42(40(30)31(33)23-38(51)58-27)50(41)36-16-12-11-15-34(36)48/h11-12,15-16,22,24-32,35,37,39-42,44-47H,10,13-14,17-21,23H2,1-9H3/t24-,25?,26?,27+,28+,29+,30+,31-,32-,35+,37+,39+,40-,41+,42-,44+,45?,46+,47+,50?/m1/s1. The lowest BCUT2D eigenvalue weighted by molar-refractivity contribution is -0.314. The number of hydrogen-bond donors (Lipinski definition) is 0. The maximum Gasteiger partial charge on any atom is 0.306 e. The molecule has 0 aromatic heterocycles. The molecule has 2 saturated carbocycles. The molecule has 19 atom stereocenters. The number of benzene rings is 1. The SMILES string of the molecule is CC[C@H]1CCC[C@H](O[C@H]2CC[C@H](N(C)C)C(C)O2)[C@@H](C)C(=O)C2=C[C@H]3[C@@H]4C[C@H](O[C@@H]5OC(C)[C@H](OC)C(OC)[C@@H]5OC)C[C@H]4[C@H]4[C@@H]([C@H]3[C@@H]2CC(=O)O1)N4c1ccccc1F. The van der Waals surface area contributed by atoms with Gasteiger partial charge in [-0.2, -0.15) is 0 Å². The third-order valence-corrected chi connectivity index (χ3v) is 15.5. The first-order valence-electron chi connectivity index (χ1n) is 22.7. The lowest BCUT2D eigenvalue weighted by Gasteiger charge is -2.44. The molecular formula is C47H69FN2O10. The number of carbonyl (C=O) groups is 2. The topological polar surface area (TPSA) is 114 Å². The van der Waals surface area contributed by atoms with Crippen LogP contribution in [0.5, 0.6) is 0 Å². The Kier molecular flexibility index (Phi) is 13.5. The first-order chi connectivity index (χ1) is 28.9. The summed E-state index contributed by atoms with van der Waals surface area (Å²) >= 11 is 0. The number of fused-ring (bicyclic) bond motifs is 8. The molecule has 0 radical (unpaired) electrons. The number of ketones is 1. The summed E-state index contributed by atoms with van der Waals surface area (Å²) in [5.41, 5.74) is 1.26. The molecule has 0 N–H and O–H groups in total. The zero-order valence-corrected chi connectivity index (χ0v) is 37.1. The average molecular weight is 841 g/mol. The molecule has 4 saturated heterocycles. The van der Waals surface area contributed by atoms with Crippen LogP contribution >= 0.6 is 0 Å². The van der Waals surface area contributed by atoms with Crippen molar-refractivity contribution in [1.82, 2.24) is 4.90 Å². The summed E-state index contributed by atoms with van der Waals surface area (Å²) < 4.78 is 66.1. The second kappa shape index (κ2) is 18.3. The van der Waals surface area contributed by atoms with Gasteiger partial charge in [0.05, 0.1) is 48.6 Å². The fraction of sp³-hybridized carbons (Fsp3) is 0.787. The van der Waals surface area contributed by atoms with Gasteiger partial charge in [-0.1, -0.05) is 32.1 Å². The van der Waals surface area contributed by atoms with Crippen LogP contribution in [0.2, 0.25) is 0 Å². The lowest BCUT2D eigenvalue weighted by atomic mass is 9.66. The van der Waals surface area contributed by atoms with Crippen LogP contribution in [0.1, 0.15) is 85.5 Å². The molecule has 7 aliphatic rings. The molecule has 3 unspecified atom stereocenters. The van der Waals surface area contributed by atoms with E-state index in [-0.39, 0.29) is 108 Å². The monoisotopic (exact) mass is 840 g/mol. The van der Waals surface area contributed by atoms with E-state index in [0.717, 1.165) is 32.1 Å². The fourth-order valence-corrected chi connectivity index (χ4v) is 12.6. The Balaban J connectivity index is 1.11. The highest BCUT2D eigenvalue weighted by molar-refractivity contribution is 5.99. The molecule has 60 heavy (non-hydrogen) atoms. The van der Waals surface area contributed by atoms with Crippen molar-refractivity contribution in [2.24, 2.45) is 35.5 Å². The minimum absolute atomic E-state index is 0.00174. The number of methoxy groups -OCH3 is 3. The van der Waals surface area contributed by atoms with Gasteiger partial charge in [-0.05, 0) is 121 Å². The van der Waals surface area contributed by atoms with E-state index < -0.39 is 24.6 Å². The normalized spacial score (nSPS) is 44.5. The zero-order valence-electron chi connectivity index (χ0n) is 37.1. The number of hydrogen-bond acceptors (Lipinski definition) is 12. The zero-order chi connectivity index (χ0) is 42.6. The van der Waals surface area contributed by atoms with Gasteiger partial charge in [0.15, 0.2) is 18.4 Å². The van der Waals surface area contributed by atoms with Gasteiger partial charge < -0.3 is 47.7 Å². The van der Waals surface area contributed by atoms with Crippen LogP contribution in [0.25, 0.3) is 0 Å². The van der Waals surface area contributed by atoms with E-state index in [1.54, 1.807) is 27.4 Å². The Labute approximate surface area is 356 Å². The number of halogens is 1. The molecule has 13 heteroatoms. The number of nitrogens with zero attached hydrogens (tertiary/aromatic N) is 2. The number of esters is 1. The predicted octanol–water partition coefficient (Wildman–Crippen LogP) is 6.33. The van der Waals surface area contributed by atoms with Crippen LogP contribution in [0.3, 0.4) is 0 Å². The molecule has 12 nitrogen and oxygen atoms in total. The number of para-hydroxylation sites is 1. The van der Waals surface area contributed by atoms with Gasteiger partial charge in [0, 0.05) is 39.2 Å². The molecule has 4 aliphatic heterocycles. The van der Waals surface area contributed by atoms with Gasteiger partial charge in [-0.25, -0.2) is 4.39 Å². The smallest absolute Gasteiger partial charge is 0.306 e. The summed E-state index contributed by atoms with van der Waals surface area (Å²) in [6, 6.07) is 7.25. The fourth-order valence-electron chi connectivity index (χ4n) is 12.6. The highest BCUT2D eigenvalue weighted by atomic mass is 19.1. The maximum absolute atomic E-state index is 15.8. The average Bonchev–Trinajstić information content (AvgIpc) is 3.61. The number of anilines is 1. The third-order valence-electron chi connectivity index (χ3n) is 15.5. The van der Waals surface area contributed by atoms with Crippen molar-refractivity contribution < 1.29 is 51.9 Å². The molecule has 1 aromatic carbocycles. The van der Waals surface area contributed by atoms with Crippen LogP contribution in [-0.4, -0.2) is 132 Å². The Morgan fingerprint density at radius 1 is 0.850 bits per heavy atom. The minimum Gasteiger partial charge on any atom is -0.462 e. The number of Topliss-reactive ketones (excluding diaryl/α,β-unsaturated/α-hetero) is 1. The highest BCUT2D eigenvalue weighted by Crippen LogP contribution is 2.65. The molecule has 6 fully saturated rings. The second-order valence-electron chi connectivity index (χ2n) is 19.0. The molecule has 3 aliphatic carbocycles. The molecule has 0 bridgehead atoms. The Bertz CT molecular complexity index is 1710. The predicted molar refractivity (Wildman–Crippen MR) is 222 cm³/mol. The van der Waals surface area contributed by atoms with E-state index in [0.29, 0.717) is 36.6 Å². The van der Waals surface area contributed by atoms with Crippen LogP contribution in [0.4, 0.5) is 10.1 Å². The first-order valence-corrected chi connectivity index (χ1v) is 22.7. The number of carbonyl (C=O) groups excluding carboxylic acids is 2. The van der Waals surface area contributed by atoms with Crippen LogP contribution in [-0.2, 0) is 47.5 Å². The first kappa shape index (κ1) is 44.1. The summed E-state index contributed by atoms with van der Waals surface area (Å²) in [5.74, 6) is -1.14. The van der Waals surface area contributed by atoms with Gasteiger partial charge in [-0.15, -0.1) is 0 Å². The molecule has 8 rings (SSSR count). The maximum atomic E-state index is 15.8. The molecule has 1 aromatic rings. The Hall–Kier alpha value is -2.49. The lowest BCUT2D eigenvalue weighted by Crippen LogP contribution is -2.59. The summed E-state index contributed by atoms with van der Waals surface area (Å²) in [5, 5.41) is 0. The summed E-state index contributed by atoms with van der Waals surface area (Å²) in [6.45, 7) is 8.10. The van der Waals surface area contributed by atoms with Gasteiger partial charge >= 0.3 is 5.97 Å². The van der Waals surface area contributed by atoms with Gasteiger partial charge in [-0.3, -0.25) is 9.59 Å². The van der Waals surface area contributed by atoms with Gasteiger partial charge in [0.25, 0.3) is 0 Å². The van der Waals surface area contributed by atoms with Crippen molar-refractivity contribution in [3.63, 3.8) is 0 Å². The van der Waals surface area contributed by atoms with Crippen LogP contribution in [0.15, 0.2) is 35.9 Å². The van der Waals surface area contributed by atoms with E-state index in [4.69, 9.17) is 37.9 Å². The molecular weight excluding hydrogens is 772 g/mol. The van der Waals surface area contributed by atoms with E-state index in [1.165, 1.54) is 6.07 Å². The summed E-state index contributed by atoms with van der Waals surface area (Å²) in [6.07, 6.45) is 5.00. The molecule has 334 valence electrons. The Morgan fingerprint density at radius 2 is 1.58 bits per heavy atom. The van der Waals surface area contributed by atoms with Crippen molar-refractivity contribution in [1.29, 1.82) is 0 Å². The number of likely N-dealkylation sites (N-methyl/N-ethyl adjacent to an activating group) is 1. The number of allylic oxidation sites excluding steroid dienone is 2. The van der Waals surface area contributed by atoms with Gasteiger partial charge in [0.1, 0.15) is 30.2 Å². The second-order valence-corrected chi connectivity index (χ2v) is 19.0. The number of ether oxygens (including phenoxy) is 8. The van der Waals surface area contributed by atoms with E-state index >= 15 is 9.18 Å². The summed E-state index contributed by atoms with van der Waals surface area (Å²) in [4.78, 5) is 33.5. The van der Waals surface area contributed by atoms with Crippen molar-refractivity contribution in [3.8, 4) is 0 Å². The molecule has 0 spiro atoms. The van der Waals surface area contributed by atoms with Crippen molar-refractivity contribution in [2.75, 3.05) is 40.3 Å². The molecule has 4 heterocycles. The number of rotatable bonds is 10. The third kappa shape index (κ3) is 8.24. The quantitative estimate of drug-likeness (QED) is 0.194. The summed E-state index contributed by atoms with van der Waals surface area (Å²) in [7, 11) is 9.09. The van der Waals surface area contributed by atoms with Crippen molar-refractivity contribution in [2.45, 2.75) is 165 Å². The van der Waals surface area contributed by atoms with Crippen molar-refractivity contribution >= 4 is 17.4 Å². The Morgan fingerprint density at radius 3 is 2.27 bits per heavy atom. The minimum atomic E-state index is -0.678. The van der Waals surface area contributed by atoms with Crippen molar-refractivity contribution in [3.05, 3.63) is 41.7 Å². The van der Waals surface area contributed by atoms with E-state index in [9.17, 15) is 4.79 Å². The van der Waals surface area contributed by atoms with Crippen LogP contribution < -0.4 is 4.90 Å². The number of cyclic esters (lactones) is 1. The van der Waals surface area contributed by atoms with Crippen LogP contribution in [0, 0.1) is 41.3 Å². The van der Waals surface area contributed by atoms with Gasteiger partial charge in [0.2, 0.25) is 0 Å². The van der Waals surface area contributed by atoms with E-state index in [2.05, 4.69) is 43.8 Å². The van der Waals surface area contributed by atoms with E-state index in [1.807, 2.05) is 26.0 Å².